The van der Waals surface area contributed by atoms with Crippen LogP contribution in [-0.2, 0) is 0 Å². The van der Waals surface area contributed by atoms with E-state index in [2.05, 4.69) is 22.2 Å². The van der Waals surface area contributed by atoms with E-state index in [9.17, 15) is 4.79 Å². The number of anilines is 2. The number of nitrogens with one attached hydrogen (secondary N) is 1. The number of amides is 1. The molecule has 2 aromatic rings. The van der Waals surface area contributed by atoms with Gasteiger partial charge in [-0.3, -0.25) is 4.79 Å². The largest absolute Gasteiger partial charge is 0.495 e. The Hall–Kier alpha value is -2.34. The third-order valence-corrected chi connectivity index (χ3v) is 3.97. The molecule has 2 rings (SSSR count). The second kappa shape index (κ2) is 8.67. The van der Waals surface area contributed by atoms with E-state index in [1.54, 1.807) is 37.3 Å². The van der Waals surface area contributed by atoms with Gasteiger partial charge in [-0.2, -0.15) is 0 Å². The van der Waals surface area contributed by atoms with Gasteiger partial charge in [0.05, 0.1) is 12.1 Å². The zero-order chi connectivity index (χ0) is 18.4. The van der Waals surface area contributed by atoms with Crippen molar-refractivity contribution in [1.29, 1.82) is 0 Å². The molecule has 0 atom stereocenters. The van der Waals surface area contributed by atoms with E-state index < -0.39 is 0 Å². The predicted molar refractivity (Wildman–Crippen MR) is 99.9 cm³/mol. The van der Waals surface area contributed by atoms with Crippen LogP contribution in [0.25, 0.3) is 0 Å². The van der Waals surface area contributed by atoms with Crippen molar-refractivity contribution in [3.63, 3.8) is 0 Å². The average molecular weight is 363 g/mol. The van der Waals surface area contributed by atoms with Crippen LogP contribution in [0.3, 0.4) is 0 Å². The van der Waals surface area contributed by atoms with Gasteiger partial charge in [0.2, 0.25) is 5.95 Å². The first-order valence-electron chi connectivity index (χ1n) is 8.16. The Morgan fingerprint density at radius 1 is 1.32 bits per heavy atom. The average Bonchev–Trinajstić information content (AvgIpc) is 2.58. The van der Waals surface area contributed by atoms with Crippen molar-refractivity contribution in [2.45, 2.75) is 26.7 Å². The van der Waals surface area contributed by atoms with Gasteiger partial charge >= 0.3 is 0 Å². The lowest BCUT2D eigenvalue weighted by atomic mass is 10.2. The summed E-state index contributed by atoms with van der Waals surface area (Å²) >= 11 is 6.13. The molecule has 0 radical (unpaired) electrons. The Balaban J connectivity index is 2.21. The van der Waals surface area contributed by atoms with Gasteiger partial charge in [-0.05, 0) is 37.6 Å². The molecule has 1 amide bonds. The molecule has 0 spiro atoms. The third-order valence-electron chi connectivity index (χ3n) is 3.68. The van der Waals surface area contributed by atoms with Gasteiger partial charge in [0.25, 0.3) is 5.91 Å². The summed E-state index contributed by atoms with van der Waals surface area (Å²) in [6.45, 7) is 4.63. The molecule has 0 bridgehead atoms. The van der Waals surface area contributed by atoms with Crippen molar-refractivity contribution in [2.75, 3.05) is 26.0 Å². The molecule has 0 aliphatic rings. The Bertz CT molecular complexity index is 752. The fourth-order valence-corrected chi connectivity index (χ4v) is 2.56. The molecule has 0 saturated heterocycles. The number of nitrogens with zero attached hydrogens (tertiary/aromatic N) is 3. The van der Waals surface area contributed by atoms with Gasteiger partial charge in [0.15, 0.2) is 0 Å². The molecule has 6 nitrogen and oxygen atoms in total. The maximum absolute atomic E-state index is 12.5. The van der Waals surface area contributed by atoms with Crippen LogP contribution in [0.1, 0.15) is 35.9 Å². The first kappa shape index (κ1) is 19.0. The summed E-state index contributed by atoms with van der Waals surface area (Å²) < 4.78 is 5.14. The van der Waals surface area contributed by atoms with Gasteiger partial charge in [0, 0.05) is 25.0 Å². The Kier molecular flexibility index (Phi) is 6.58. The van der Waals surface area contributed by atoms with Crippen molar-refractivity contribution in [3.8, 4) is 5.75 Å². The molecular formula is C18H23ClN4O2. The number of rotatable bonds is 7. The summed E-state index contributed by atoms with van der Waals surface area (Å²) in [5.41, 5.74) is 1.80. The van der Waals surface area contributed by atoms with E-state index in [1.165, 1.54) is 0 Å². The number of ether oxygens (including phenoxy) is 1. The normalized spacial score (nSPS) is 10.4. The lowest BCUT2D eigenvalue weighted by Gasteiger charge is -2.17. The molecule has 1 N–H and O–H groups in total. The fourth-order valence-electron chi connectivity index (χ4n) is 2.30. The van der Waals surface area contributed by atoms with Crippen molar-refractivity contribution >= 4 is 29.1 Å². The number of hydrogen-bond acceptors (Lipinski definition) is 5. The number of carbonyl (C=O) groups excluding carboxylic acids is 1. The molecule has 1 aromatic heterocycles. The smallest absolute Gasteiger partial charge is 0.272 e. The summed E-state index contributed by atoms with van der Waals surface area (Å²) in [4.78, 5) is 22.9. The molecule has 25 heavy (non-hydrogen) atoms. The van der Waals surface area contributed by atoms with E-state index in [1.807, 2.05) is 13.0 Å². The highest BCUT2D eigenvalue weighted by atomic mass is 35.5. The Morgan fingerprint density at radius 3 is 2.72 bits per heavy atom. The number of hydrogen-bond donors (Lipinski definition) is 1. The van der Waals surface area contributed by atoms with E-state index in [0.717, 1.165) is 12.8 Å². The maximum atomic E-state index is 12.5. The minimum Gasteiger partial charge on any atom is -0.495 e. The van der Waals surface area contributed by atoms with Crippen molar-refractivity contribution in [3.05, 3.63) is 40.7 Å². The molecule has 7 heteroatoms. The summed E-state index contributed by atoms with van der Waals surface area (Å²) in [5.74, 6) is 0.828. The van der Waals surface area contributed by atoms with Crippen LogP contribution in [0.15, 0.2) is 24.3 Å². The highest BCUT2D eigenvalue weighted by molar-refractivity contribution is 6.32. The molecule has 0 fully saturated rings. The number of carbonyl (C=O) groups is 1. The molecule has 0 aliphatic carbocycles. The van der Waals surface area contributed by atoms with Gasteiger partial charge in [-0.25, -0.2) is 9.97 Å². The highest BCUT2D eigenvalue weighted by Gasteiger charge is 2.15. The molecule has 1 heterocycles. The van der Waals surface area contributed by atoms with Crippen LogP contribution in [0.2, 0.25) is 5.02 Å². The van der Waals surface area contributed by atoms with Gasteiger partial charge in [0.1, 0.15) is 11.4 Å². The highest BCUT2D eigenvalue weighted by Crippen LogP contribution is 2.28. The standard InChI is InChI=1S/C18H23ClN4O2/c1-5-6-9-23(3)17(24)15-10-12(2)20-18(22-15)21-13-7-8-16(25-4)14(19)11-13/h7-8,10-11H,5-6,9H2,1-4H3,(H,20,21,22). The van der Waals surface area contributed by atoms with Crippen LogP contribution >= 0.6 is 11.6 Å². The molecule has 0 saturated carbocycles. The second-order valence-corrected chi connectivity index (χ2v) is 6.18. The number of aryl methyl sites for hydroxylation is 1. The Labute approximate surface area is 153 Å². The topological polar surface area (TPSA) is 67.4 Å². The maximum Gasteiger partial charge on any atom is 0.272 e. The fraction of sp³-hybridized carbons (Fsp3) is 0.389. The predicted octanol–water partition coefficient (Wildman–Crippen LogP) is 4.06. The first-order valence-corrected chi connectivity index (χ1v) is 8.54. The Morgan fingerprint density at radius 2 is 2.08 bits per heavy atom. The van der Waals surface area contributed by atoms with Crippen molar-refractivity contribution in [1.82, 2.24) is 14.9 Å². The first-order chi connectivity index (χ1) is 11.9. The second-order valence-electron chi connectivity index (χ2n) is 5.77. The number of aromatic nitrogens is 2. The van der Waals surface area contributed by atoms with E-state index in [-0.39, 0.29) is 5.91 Å². The van der Waals surface area contributed by atoms with Crippen LogP contribution in [0, 0.1) is 6.92 Å². The van der Waals surface area contributed by atoms with Crippen LogP contribution in [-0.4, -0.2) is 41.5 Å². The minimum atomic E-state index is -0.116. The molecule has 134 valence electrons. The van der Waals surface area contributed by atoms with Gasteiger partial charge in [-0.1, -0.05) is 24.9 Å². The lowest BCUT2D eigenvalue weighted by molar-refractivity contribution is 0.0787. The van der Waals surface area contributed by atoms with Crippen LogP contribution < -0.4 is 10.1 Å². The molecular weight excluding hydrogens is 340 g/mol. The van der Waals surface area contributed by atoms with Gasteiger partial charge < -0.3 is 15.0 Å². The summed E-state index contributed by atoms with van der Waals surface area (Å²) in [6.07, 6.45) is 1.99. The SMILES string of the molecule is CCCCN(C)C(=O)c1cc(C)nc(Nc2ccc(OC)c(Cl)c2)n1. The van der Waals surface area contributed by atoms with E-state index >= 15 is 0 Å². The monoisotopic (exact) mass is 362 g/mol. The zero-order valence-corrected chi connectivity index (χ0v) is 15.7. The lowest BCUT2D eigenvalue weighted by Crippen LogP contribution is -2.28. The quantitative estimate of drug-likeness (QED) is 0.804. The number of benzene rings is 1. The van der Waals surface area contributed by atoms with E-state index in [0.29, 0.717) is 40.3 Å². The molecule has 0 unspecified atom stereocenters. The van der Waals surface area contributed by atoms with E-state index in [4.69, 9.17) is 16.3 Å². The van der Waals surface area contributed by atoms with Crippen LogP contribution in [0.5, 0.6) is 5.75 Å². The number of halogens is 1. The minimum absolute atomic E-state index is 0.116. The van der Waals surface area contributed by atoms with Crippen molar-refractivity contribution in [2.24, 2.45) is 0 Å². The molecule has 0 aliphatic heterocycles. The van der Waals surface area contributed by atoms with Crippen LogP contribution in [0.4, 0.5) is 11.6 Å². The summed E-state index contributed by atoms with van der Waals surface area (Å²) in [5, 5.41) is 3.56. The zero-order valence-electron chi connectivity index (χ0n) is 15.0. The van der Waals surface area contributed by atoms with Crippen molar-refractivity contribution < 1.29 is 9.53 Å². The number of unbranched alkanes of at least 4 members (excludes halogenated alkanes) is 1. The summed E-state index contributed by atoms with van der Waals surface area (Å²) in [7, 11) is 3.34. The molecule has 1 aromatic carbocycles. The van der Waals surface area contributed by atoms with Gasteiger partial charge in [-0.15, -0.1) is 0 Å². The summed E-state index contributed by atoms with van der Waals surface area (Å²) in [6, 6.07) is 6.98. The number of methoxy groups -OCH3 is 1. The third kappa shape index (κ3) is 5.06.